The second kappa shape index (κ2) is 5.45. The van der Waals surface area contributed by atoms with E-state index in [-0.39, 0.29) is 0 Å². The first-order valence-corrected chi connectivity index (χ1v) is 8.62. The summed E-state index contributed by atoms with van der Waals surface area (Å²) < 4.78 is 22.9. The van der Waals surface area contributed by atoms with Crippen molar-refractivity contribution in [3.63, 3.8) is 0 Å². The van der Waals surface area contributed by atoms with Crippen LogP contribution in [0.15, 0.2) is 29.2 Å². The highest BCUT2D eigenvalue weighted by molar-refractivity contribution is 7.90. The molecule has 3 rings (SSSR count). The van der Waals surface area contributed by atoms with E-state index in [0.29, 0.717) is 16.7 Å². The molecule has 0 saturated carbocycles. The van der Waals surface area contributed by atoms with E-state index in [1.807, 2.05) is 0 Å². The standard InChI is InChI=1S/C13H17N5O2S/c1-21(19,20)11-4-2-10(3-5-11)12-15-13(17-16-12)18-8-6-14-7-9-18/h2-5,14H,6-9H2,1H3,(H,15,16,17). The summed E-state index contributed by atoms with van der Waals surface area (Å²) in [7, 11) is -3.18. The molecule has 2 heterocycles. The van der Waals surface area contributed by atoms with Crippen molar-refractivity contribution in [1.29, 1.82) is 0 Å². The number of aromatic amines is 1. The van der Waals surface area contributed by atoms with Gasteiger partial charge in [0.1, 0.15) is 0 Å². The Bertz CT molecular complexity index is 717. The maximum atomic E-state index is 11.4. The van der Waals surface area contributed by atoms with E-state index in [4.69, 9.17) is 0 Å². The highest BCUT2D eigenvalue weighted by Crippen LogP contribution is 2.20. The number of anilines is 1. The van der Waals surface area contributed by atoms with Crippen LogP contribution in [0.4, 0.5) is 5.95 Å². The number of H-pyrrole nitrogens is 1. The van der Waals surface area contributed by atoms with Crippen LogP contribution in [0.1, 0.15) is 0 Å². The summed E-state index contributed by atoms with van der Waals surface area (Å²) in [5.74, 6) is 1.32. The van der Waals surface area contributed by atoms with Gasteiger partial charge in [0.25, 0.3) is 0 Å². The Morgan fingerprint density at radius 1 is 1.14 bits per heavy atom. The molecular formula is C13H17N5O2S. The van der Waals surface area contributed by atoms with Gasteiger partial charge in [-0.1, -0.05) is 0 Å². The number of rotatable bonds is 3. The number of sulfone groups is 1. The van der Waals surface area contributed by atoms with E-state index in [1.54, 1.807) is 24.3 Å². The quantitative estimate of drug-likeness (QED) is 0.846. The lowest BCUT2D eigenvalue weighted by atomic mass is 10.2. The van der Waals surface area contributed by atoms with Crippen LogP contribution in [0.25, 0.3) is 11.4 Å². The van der Waals surface area contributed by atoms with Gasteiger partial charge in [-0.3, -0.25) is 5.10 Å². The first-order valence-electron chi connectivity index (χ1n) is 6.72. The molecule has 7 nitrogen and oxygen atoms in total. The molecule has 0 atom stereocenters. The van der Waals surface area contributed by atoms with Crippen LogP contribution in [-0.2, 0) is 9.84 Å². The zero-order valence-electron chi connectivity index (χ0n) is 11.7. The number of benzene rings is 1. The Balaban J connectivity index is 1.82. The van der Waals surface area contributed by atoms with Crippen LogP contribution < -0.4 is 10.2 Å². The van der Waals surface area contributed by atoms with Crippen LogP contribution in [0.2, 0.25) is 0 Å². The van der Waals surface area contributed by atoms with Crippen molar-refractivity contribution in [2.24, 2.45) is 0 Å². The average molecular weight is 307 g/mol. The summed E-state index contributed by atoms with van der Waals surface area (Å²) in [6.07, 6.45) is 1.19. The van der Waals surface area contributed by atoms with Gasteiger partial charge in [-0.05, 0) is 24.3 Å². The Hall–Kier alpha value is -1.93. The fourth-order valence-corrected chi connectivity index (χ4v) is 2.88. The van der Waals surface area contributed by atoms with Crippen LogP contribution in [0.5, 0.6) is 0 Å². The summed E-state index contributed by atoms with van der Waals surface area (Å²) in [6.45, 7) is 3.61. The van der Waals surface area contributed by atoms with Gasteiger partial charge < -0.3 is 10.2 Å². The molecule has 112 valence electrons. The molecule has 0 aliphatic carbocycles. The largest absolute Gasteiger partial charge is 0.337 e. The minimum Gasteiger partial charge on any atom is -0.337 e. The van der Waals surface area contributed by atoms with E-state index in [1.165, 1.54) is 6.26 Å². The minimum atomic E-state index is -3.18. The molecule has 1 fully saturated rings. The predicted molar refractivity (Wildman–Crippen MR) is 80.0 cm³/mol. The smallest absolute Gasteiger partial charge is 0.245 e. The minimum absolute atomic E-state index is 0.299. The summed E-state index contributed by atoms with van der Waals surface area (Å²) in [6, 6.07) is 6.63. The van der Waals surface area contributed by atoms with Gasteiger partial charge in [-0.15, -0.1) is 5.10 Å². The normalized spacial score (nSPS) is 16.1. The van der Waals surface area contributed by atoms with E-state index in [0.717, 1.165) is 31.7 Å². The Labute approximate surface area is 123 Å². The molecule has 2 aromatic rings. The molecular weight excluding hydrogens is 290 g/mol. The molecule has 1 saturated heterocycles. The molecule has 0 bridgehead atoms. The Morgan fingerprint density at radius 2 is 1.81 bits per heavy atom. The second-order valence-corrected chi connectivity index (χ2v) is 7.03. The van der Waals surface area contributed by atoms with E-state index >= 15 is 0 Å². The number of nitrogens with one attached hydrogen (secondary N) is 2. The summed E-state index contributed by atoms with van der Waals surface area (Å²) in [5, 5.41) is 10.4. The maximum Gasteiger partial charge on any atom is 0.245 e. The van der Waals surface area contributed by atoms with Crippen LogP contribution in [0, 0.1) is 0 Å². The second-order valence-electron chi connectivity index (χ2n) is 5.02. The monoisotopic (exact) mass is 307 g/mol. The molecule has 0 unspecified atom stereocenters. The third-order valence-electron chi connectivity index (χ3n) is 3.43. The van der Waals surface area contributed by atoms with Gasteiger partial charge in [-0.25, -0.2) is 8.42 Å². The van der Waals surface area contributed by atoms with E-state index < -0.39 is 9.84 Å². The van der Waals surface area contributed by atoms with Gasteiger partial charge in [-0.2, -0.15) is 4.98 Å². The van der Waals surface area contributed by atoms with Gasteiger partial charge >= 0.3 is 0 Å². The highest BCUT2D eigenvalue weighted by atomic mass is 32.2. The van der Waals surface area contributed by atoms with Gasteiger partial charge in [0.2, 0.25) is 5.95 Å². The topological polar surface area (TPSA) is 91.0 Å². The van der Waals surface area contributed by atoms with E-state index in [9.17, 15) is 8.42 Å². The molecule has 1 aliphatic heterocycles. The first kappa shape index (κ1) is 14.0. The number of aromatic nitrogens is 3. The average Bonchev–Trinajstić information content (AvgIpc) is 2.97. The SMILES string of the molecule is CS(=O)(=O)c1ccc(-c2nc(N3CCNCC3)n[nH]2)cc1. The molecule has 0 amide bonds. The van der Waals surface area contributed by atoms with Crippen molar-refractivity contribution >= 4 is 15.8 Å². The number of piperazine rings is 1. The summed E-state index contributed by atoms with van der Waals surface area (Å²) >= 11 is 0. The van der Waals surface area contributed by atoms with Crippen LogP contribution >= 0.6 is 0 Å². The fraction of sp³-hybridized carbons (Fsp3) is 0.385. The number of nitrogens with zero attached hydrogens (tertiary/aromatic N) is 3. The third kappa shape index (κ3) is 3.06. The predicted octanol–water partition coefficient (Wildman–Crippen LogP) is 0.285. The molecule has 2 N–H and O–H groups in total. The third-order valence-corrected chi connectivity index (χ3v) is 4.56. The molecule has 1 aliphatic rings. The maximum absolute atomic E-state index is 11.4. The summed E-state index contributed by atoms with van der Waals surface area (Å²) in [4.78, 5) is 6.89. The molecule has 0 spiro atoms. The van der Waals surface area contributed by atoms with Crippen molar-refractivity contribution < 1.29 is 8.42 Å². The Kier molecular flexibility index (Phi) is 3.64. The van der Waals surface area contributed by atoms with Crippen molar-refractivity contribution in [1.82, 2.24) is 20.5 Å². The lowest BCUT2D eigenvalue weighted by Gasteiger charge is -2.25. The number of hydrogen-bond acceptors (Lipinski definition) is 6. The van der Waals surface area contributed by atoms with Crippen molar-refractivity contribution in [2.45, 2.75) is 4.90 Å². The van der Waals surface area contributed by atoms with Gasteiger partial charge in [0.05, 0.1) is 4.90 Å². The fourth-order valence-electron chi connectivity index (χ4n) is 2.25. The zero-order chi connectivity index (χ0) is 14.9. The summed E-state index contributed by atoms with van der Waals surface area (Å²) in [5.41, 5.74) is 0.816. The lowest BCUT2D eigenvalue weighted by molar-refractivity contribution is 0.580. The molecule has 1 aromatic carbocycles. The Morgan fingerprint density at radius 3 is 2.43 bits per heavy atom. The van der Waals surface area contributed by atoms with Gasteiger partial charge in [0.15, 0.2) is 15.7 Å². The van der Waals surface area contributed by atoms with Crippen molar-refractivity contribution in [3.05, 3.63) is 24.3 Å². The molecule has 1 aromatic heterocycles. The number of hydrogen-bond donors (Lipinski definition) is 2. The van der Waals surface area contributed by atoms with Crippen LogP contribution in [-0.4, -0.2) is 56.0 Å². The molecule has 8 heteroatoms. The zero-order valence-corrected chi connectivity index (χ0v) is 12.5. The van der Waals surface area contributed by atoms with Crippen molar-refractivity contribution in [3.8, 4) is 11.4 Å². The van der Waals surface area contributed by atoms with E-state index in [2.05, 4.69) is 25.4 Å². The van der Waals surface area contributed by atoms with Gasteiger partial charge in [0, 0.05) is 38.0 Å². The van der Waals surface area contributed by atoms with Crippen LogP contribution in [0.3, 0.4) is 0 Å². The first-order chi connectivity index (χ1) is 10.0. The highest BCUT2D eigenvalue weighted by Gasteiger charge is 2.15. The molecule has 0 radical (unpaired) electrons. The van der Waals surface area contributed by atoms with Crippen molar-refractivity contribution in [2.75, 3.05) is 37.3 Å². The molecule has 21 heavy (non-hydrogen) atoms. The lowest BCUT2D eigenvalue weighted by Crippen LogP contribution is -2.44.